The van der Waals surface area contributed by atoms with Crippen LogP contribution in [-0.4, -0.2) is 58.0 Å². The summed E-state index contributed by atoms with van der Waals surface area (Å²) in [5.74, 6) is 0.427. The van der Waals surface area contributed by atoms with Gasteiger partial charge in [0.2, 0.25) is 14.8 Å². The van der Waals surface area contributed by atoms with Crippen molar-refractivity contribution in [2.45, 2.75) is 37.8 Å². The molecule has 160 valence electrons. The van der Waals surface area contributed by atoms with Crippen LogP contribution in [0.3, 0.4) is 0 Å². The zero-order valence-corrected chi connectivity index (χ0v) is 18.9. The fourth-order valence-electron chi connectivity index (χ4n) is 3.71. The van der Waals surface area contributed by atoms with Gasteiger partial charge in [0.05, 0.1) is 11.6 Å². The van der Waals surface area contributed by atoms with Crippen LogP contribution in [0.15, 0.2) is 53.6 Å². The molecule has 1 aromatic carbocycles. The van der Waals surface area contributed by atoms with E-state index in [1.165, 1.54) is 5.56 Å². The Morgan fingerprint density at radius 2 is 1.77 bits per heavy atom. The molecule has 3 heterocycles. The van der Waals surface area contributed by atoms with Gasteiger partial charge in [-0.3, -0.25) is 9.30 Å². The minimum atomic E-state index is -3.48. The zero-order valence-electron chi connectivity index (χ0n) is 17.3. The van der Waals surface area contributed by atoms with Crippen molar-refractivity contribution in [3.8, 4) is 0 Å². The van der Waals surface area contributed by atoms with E-state index >= 15 is 0 Å². The summed E-state index contributed by atoms with van der Waals surface area (Å²) >= 11 is 5.51. The topological polar surface area (TPSA) is 62.9 Å². The van der Waals surface area contributed by atoms with Gasteiger partial charge in [0.1, 0.15) is 0 Å². The number of aromatic nitrogens is 3. The highest BCUT2D eigenvalue weighted by atomic mass is 32.2. The summed E-state index contributed by atoms with van der Waals surface area (Å²) in [4.78, 5) is 2.55. The Bertz CT molecular complexity index is 1180. The first-order valence-electron chi connectivity index (χ1n) is 10.3. The van der Waals surface area contributed by atoms with E-state index in [1.54, 1.807) is 21.1 Å². The average molecular weight is 446 g/mol. The van der Waals surface area contributed by atoms with Crippen LogP contribution in [0.1, 0.15) is 31.7 Å². The molecule has 0 radical (unpaired) electrons. The maximum absolute atomic E-state index is 13.0. The molecule has 2 aromatic heterocycles. The molecule has 4 rings (SSSR count). The zero-order chi connectivity index (χ0) is 21.3. The lowest BCUT2D eigenvalue weighted by atomic mass is 9.99. The van der Waals surface area contributed by atoms with E-state index in [4.69, 9.17) is 12.2 Å². The lowest BCUT2D eigenvalue weighted by Crippen LogP contribution is -2.48. The highest BCUT2D eigenvalue weighted by Gasteiger charge is 2.28. The molecule has 0 unspecified atom stereocenters. The van der Waals surface area contributed by atoms with Crippen LogP contribution < -0.4 is 0 Å². The quantitative estimate of drug-likeness (QED) is 0.545. The van der Waals surface area contributed by atoms with Crippen molar-refractivity contribution < 1.29 is 8.42 Å². The average Bonchev–Trinajstić information content (AvgIpc) is 3.09. The van der Waals surface area contributed by atoms with E-state index in [-0.39, 0.29) is 0 Å². The number of rotatable bonds is 6. The van der Waals surface area contributed by atoms with E-state index in [0.29, 0.717) is 48.4 Å². The van der Waals surface area contributed by atoms with Crippen molar-refractivity contribution in [1.29, 1.82) is 0 Å². The first kappa shape index (κ1) is 21.2. The van der Waals surface area contributed by atoms with Gasteiger partial charge in [-0.1, -0.05) is 32.0 Å². The molecule has 0 spiro atoms. The van der Waals surface area contributed by atoms with Crippen LogP contribution in [0, 0.1) is 4.77 Å². The molecular formula is C21H27N5O2S2. The third-order valence-electron chi connectivity index (χ3n) is 5.85. The van der Waals surface area contributed by atoms with Crippen molar-refractivity contribution in [3.05, 3.63) is 59.0 Å². The maximum Gasteiger partial charge on any atom is 0.243 e. The van der Waals surface area contributed by atoms with E-state index in [0.717, 1.165) is 12.1 Å². The number of piperazine rings is 1. The summed E-state index contributed by atoms with van der Waals surface area (Å²) in [5, 5.41) is 4.55. The number of sulfonamides is 1. The summed E-state index contributed by atoms with van der Waals surface area (Å²) in [6, 6.07) is 13.1. The molecule has 1 aliphatic rings. The fourth-order valence-corrected chi connectivity index (χ4v) is 5.39. The SMILES string of the molecule is CC[C@@H](C)c1ccc(S(=O)(=O)N2CCN(Cn3nc4ccccn4c3=S)CC2)cc1. The van der Waals surface area contributed by atoms with Crippen molar-refractivity contribution in [3.63, 3.8) is 0 Å². The Morgan fingerprint density at radius 3 is 2.40 bits per heavy atom. The highest BCUT2D eigenvalue weighted by molar-refractivity contribution is 7.89. The molecule has 1 fully saturated rings. The third kappa shape index (κ3) is 4.07. The lowest BCUT2D eigenvalue weighted by Gasteiger charge is -2.33. The predicted molar refractivity (Wildman–Crippen MR) is 119 cm³/mol. The monoisotopic (exact) mass is 445 g/mol. The standard InChI is InChI=1S/C21H27N5O2S2/c1-3-17(2)18-7-9-19(10-8-18)30(27,28)24-14-12-23(13-15-24)16-26-21(29)25-11-5-4-6-20(25)22-26/h4-11,17H,3,12-16H2,1-2H3/t17-/m1/s1. The molecule has 30 heavy (non-hydrogen) atoms. The summed E-state index contributed by atoms with van der Waals surface area (Å²) in [7, 11) is -3.48. The summed E-state index contributed by atoms with van der Waals surface area (Å²) in [6.07, 6.45) is 2.93. The molecule has 3 aromatic rings. The molecule has 0 N–H and O–H groups in total. The number of hydrogen-bond acceptors (Lipinski definition) is 5. The largest absolute Gasteiger partial charge is 0.282 e. The van der Waals surface area contributed by atoms with E-state index in [1.807, 2.05) is 40.9 Å². The number of pyridine rings is 1. The number of hydrogen-bond donors (Lipinski definition) is 0. The second-order valence-corrected chi connectivity index (χ2v) is 10.1. The summed E-state index contributed by atoms with van der Waals surface area (Å²) < 4.78 is 32.0. The minimum absolute atomic E-state index is 0.366. The van der Waals surface area contributed by atoms with Crippen LogP contribution in [0.4, 0.5) is 0 Å². The van der Waals surface area contributed by atoms with Crippen molar-refractivity contribution in [2.24, 2.45) is 0 Å². The first-order chi connectivity index (χ1) is 14.4. The molecule has 9 heteroatoms. The van der Waals surface area contributed by atoms with E-state index < -0.39 is 10.0 Å². The Hall–Kier alpha value is -2.07. The van der Waals surface area contributed by atoms with Crippen LogP contribution in [0.5, 0.6) is 0 Å². The smallest absolute Gasteiger partial charge is 0.243 e. The van der Waals surface area contributed by atoms with Crippen LogP contribution >= 0.6 is 12.2 Å². The molecule has 0 amide bonds. The number of nitrogens with zero attached hydrogens (tertiary/aromatic N) is 5. The second kappa shape index (κ2) is 8.58. The van der Waals surface area contributed by atoms with Crippen LogP contribution in [-0.2, 0) is 16.7 Å². The Morgan fingerprint density at radius 1 is 1.07 bits per heavy atom. The number of benzene rings is 1. The van der Waals surface area contributed by atoms with Gasteiger partial charge in [-0.2, -0.15) is 9.40 Å². The summed E-state index contributed by atoms with van der Waals surface area (Å²) in [5.41, 5.74) is 1.98. The molecule has 0 bridgehead atoms. The van der Waals surface area contributed by atoms with Gasteiger partial charge in [-0.05, 0) is 54.4 Å². The molecule has 0 aliphatic carbocycles. The maximum atomic E-state index is 13.0. The second-order valence-electron chi connectivity index (χ2n) is 7.75. The Kier molecular flexibility index (Phi) is 6.06. The van der Waals surface area contributed by atoms with Crippen LogP contribution in [0.25, 0.3) is 5.65 Å². The van der Waals surface area contributed by atoms with Gasteiger partial charge < -0.3 is 0 Å². The molecule has 1 aliphatic heterocycles. The van der Waals surface area contributed by atoms with Gasteiger partial charge >= 0.3 is 0 Å². The van der Waals surface area contributed by atoms with Gasteiger partial charge in [0.25, 0.3) is 0 Å². The molecule has 7 nitrogen and oxygen atoms in total. The molecule has 1 atom stereocenters. The van der Waals surface area contributed by atoms with Gasteiger partial charge in [0.15, 0.2) is 5.65 Å². The van der Waals surface area contributed by atoms with E-state index in [2.05, 4.69) is 23.8 Å². The predicted octanol–water partition coefficient (Wildman–Crippen LogP) is 3.34. The fraction of sp³-hybridized carbons (Fsp3) is 0.429. The minimum Gasteiger partial charge on any atom is -0.282 e. The van der Waals surface area contributed by atoms with Gasteiger partial charge in [0, 0.05) is 32.4 Å². The molecular weight excluding hydrogens is 418 g/mol. The van der Waals surface area contributed by atoms with E-state index in [9.17, 15) is 8.42 Å². The third-order valence-corrected chi connectivity index (χ3v) is 8.17. The first-order valence-corrected chi connectivity index (χ1v) is 12.1. The molecule has 0 saturated carbocycles. The van der Waals surface area contributed by atoms with Gasteiger partial charge in [-0.15, -0.1) is 0 Å². The summed E-state index contributed by atoms with van der Waals surface area (Å²) in [6.45, 7) is 7.02. The van der Waals surface area contributed by atoms with Crippen LogP contribution in [0.2, 0.25) is 0 Å². The van der Waals surface area contributed by atoms with Gasteiger partial charge in [-0.25, -0.2) is 13.1 Å². The van der Waals surface area contributed by atoms with Crippen molar-refractivity contribution in [1.82, 2.24) is 23.4 Å². The lowest BCUT2D eigenvalue weighted by molar-refractivity contribution is 0.145. The normalized spacial score (nSPS) is 17.4. The van der Waals surface area contributed by atoms with Crippen molar-refractivity contribution >= 4 is 27.9 Å². The van der Waals surface area contributed by atoms with Crippen molar-refractivity contribution in [2.75, 3.05) is 26.2 Å². The Balaban J connectivity index is 1.42. The highest BCUT2D eigenvalue weighted by Crippen LogP contribution is 2.23. The number of fused-ring (bicyclic) bond motifs is 1. The molecule has 1 saturated heterocycles. The Labute approximate surface area is 182 Å².